The Morgan fingerprint density at radius 3 is 2.06 bits per heavy atom. The highest BCUT2D eigenvalue weighted by Gasteiger charge is 2.32. The van der Waals surface area contributed by atoms with Crippen LogP contribution in [-0.4, -0.2) is 28.7 Å². The fourth-order valence-corrected chi connectivity index (χ4v) is 16.6. The van der Waals surface area contributed by atoms with E-state index in [1.54, 1.807) is 0 Å². The Kier molecular flexibility index (Phi) is 5.97. The lowest BCUT2D eigenvalue weighted by atomic mass is 10.2. The van der Waals surface area contributed by atoms with Gasteiger partial charge in [0.2, 0.25) is 0 Å². The predicted molar refractivity (Wildman–Crippen MR) is 76.2 cm³/mol. The van der Waals surface area contributed by atoms with Gasteiger partial charge in [-0.3, -0.25) is 4.79 Å². The predicted octanol–water partition coefficient (Wildman–Crippen LogP) is 3.77. The lowest BCUT2D eigenvalue weighted by molar-refractivity contribution is -0.146. The third-order valence-corrected chi connectivity index (χ3v) is 12.3. The van der Waals surface area contributed by atoms with E-state index < -0.39 is 16.1 Å². The number of carbonyl (C=O) groups is 1. The van der Waals surface area contributed by atoms with E-state index in [1.807, 2.05) is 13.8 Å². The molecule has 0 aromatic carbocycles. The van der Waals surface area contributed by atoms with E-state index in [4.69, 9.17) is 4.74 Å². The maximum absolute atomic E-state index is 11.6. The molecule has 0 saturated heterocycles. The molecule has 0 saturated carbocycles. The average Bonchev–Trinajstić information content (AvgIpc) is 1.98. The zero-order chi connectivity index (χ0) is 13.0. The fraction of sp³-hybridized carbons (Fsp3) is 0.917. The van der Waals surface area contributed by atoms with E-state index in [1.165, 1.54) is 5.67 Å². The Labute approximate surface area is 103 Å². The molecule has 0 amide bonds. The van der Waals surface area contributed by atoms with Crippen LogP contribution in [0.1, 0.15) is 13.8 Å². The second-order valence-electron chi connectivity index (χ2n) is 6.76. The molecule has 1 atom stereocenters. The van der Waals surface area contributed by atoms with Crippen LogP contribution in [0.25, 0.3) is 0 Å². The Morgan fingerprint density at radius 1 is 1.19 bits per heavy atom. The molecule has 2 nitrogen and oxygen atoms in total. The van der Waals surface area contributed by atoms with Crippen molar-refractivity contribution in [1.82, 2.24) is 0 Å². The molecule has 16 heavy (non-hydrogen) atoms. The van der Waals surface area contributed by atoms with E-state index >= 15 is 0 Å². The third kappa shape index (κ3) is 7.22. The number of carbonyl (C=O) groups excluding carboxylic acids is 1. The maximum Gasteiger partial charge on any atom is 0.308 e. The van der Waals surface area contributed by atoms with Crippen LogP contribution in [0.5, 0.6) is 0 Å². The summed E-state index contributed by atoms with van der Waals surface area (Å²) in [6.07, 6.45) is 0. The van der Waals surface area contributed by atoms with E-state index in [-0.39, 0.29) is 11.9 Å². The normalized spacial score (nSPS) is 14.7. The van der Waals surface area contributed by atoms with Crippen molar-refractivity contribution < 1.29 is 9.53 Å². The molecular weight excluding hydrogens is 232 g/mol. The van der Waals surface area contributed by atoms with Gasteiger partial charge in [0.05, 0.1) is 12.5 Å². The Morgan fingerprint density at radius 2 is 1.69 bits per heavy atom. The SMILES string of the molecule is CCOC(=O)C(C)C[Si](C)(C)C[Si](C)(C)C. The van der Waals surface area contributed by atoms with Gasteiger partial charge in [-0.05, 0) is 13.0 Å². The van der Waals surface area contributed by atoms with Gasteiger partial charge in [-0.15, -0.1) is 0 Å². The van der Waals surface area contributed by atoms with E-state index in [0.717, 1.165) is 6.04 Å². The van der Waals surface area contributed by atoms with Crippen LogP contribution in [-0.2, 0) is 9.53 Å². The van der Waals surface area contributed by atoms with Gasteiger partial charge in [-0.1, -0.05) is 45.3 Å². The largest absolute Gasteiger partial charge is 0.466 e. The van der Waals surface area contributed by atoms with E-state index in [0.29, 0.717) is 6.61 Å². The van der Waals surface area contributed by atoms with Crippen molar-refractivity contribution >= 4 is 22.1 Å². The van der Waals surface area contributed by atoms with Crippen LogP contribution in [0.4, 0.5) is 0 Å². The molecule has 0 aliphatic heterocycles. The highest BCUT2D eigenvalue weighted by molar-refractivity contribution is 6.94. The molecule has 0 N–H and O–H groups in total. The lowest BCUT2D eigenvalue weighted by Gasteiger charge is -2.31. The second kappa shape index (κ2) is 6.01. The van der Waals surface area contributed by atoms with Crippen molar-refractivity contribution in [3.05, 3.63) is 0 Å². The molecule has 0 fully saturated rings. The van der Waals surface area contributed by atoms with Crippen LogP contribution in [0.3, 0.4) is 0 Å². The highest BCUT2D eigenvalue weighted by atomic mass is 28.4. The summed E-state index contributed by atoms with van der Waals surface area (Å²) in [6, 6.07) is 1.07. The number of esters is 1. The molecule has 0 spiro atoms. The molecule has 1 unspecified atom stereocenters. The third-order valence-electron chi connectivity index (χ3n) is 2.56. The van der Waals surface area contributed by atoms with Gasteiger partial charge >= 0.3 is 5.97 Å². The molecule has 0 aromatic rings. The monoisotopic (exact) mass is 260 g/mol. The van der Waals surface area contributed by atoms with Crippen molar-refractivity contribution in [2.45, 2.75) is 58.3 Å². The van der Waals surface area contributed by atoms with Gasteiger partial charge < -0.3 is 4.74 Å². The molecule has 0 aromatic heterocycles. The van der Waals surface area contributed by atoms with Crippen molar-refractivity contribution in [1.29, 1.82) is 0 Å². The minimum Gasteiger partial charge on any atom is -0.466 e. The summed E-state index contributed by atoms with van der Waals surface area (Å²) in [5.74, 6) is 0.0663. The van der Waals surface area contributed by atoms with Gasteiger partial charge in [-0.2, -0.15) is 0 Å². The molecule has 0 heterocycles. The molecular formula is C12H28O2Si2. The minimum atomic E-state index is -1.23. The van der Waals surface area contributed by atoms with Gasteiger partial charge in [-0.25, -0.2) is 0 Å². The van der Waals surface area contributed by atoms with Crippen molar-refractivity contribution in [3.8, 4) is 0 Å². The second-order valence-corrected chi connectivity index (χ2v) is 18.0. The van der Waals surface area contributed by atoms with Gasteiger partial charge in [0.1, 0.15) is 0 Å². The van der Waals surface area contributed by atoms with Crippen LogP contribution in [0.2, 0.25) is 44.4 Å². The van der Waals surface area contributed by atoms with Crippen LogP contribution in [0, 0.1) is 5.92 Å². The fourth-order valence-electron chi connectivity index (χ4n) is 2.70. The quantitative estimate of drug-likeness (QED) is 0.537. The summed E-state index contributed by atoms with van der Waals surface area (Å²) in [4.78, 5) is 11.6. The number of hydrogen-bond donors (Lipinski definition) is 0. The molecule has 0 aliphatic rings. The summed E-state index contributed by atoms with van der Waals surface area (Å²) < 4.78 is 5.07. The first-order chi connectivity index (χ1) is 7.07. The van der Waals surface area contributed by atoms with Crippen LogP contribution >= 0.6 is 0 Å². The maximum atomic E-state index is 11.6. The minimum absolute atomic E-state index is 0.0151. The summed E-state index contributed by atoms with van der Waals surface area (Å²) in [5, 5.41) is 0. The van der Waals surface area contributed by atoms with Gasteiger partial charge in [0, 0.05) is 16.1 Å². The molecule has 0 radical (unpaired) electrons. The van der Waals surface area contributed by atoms with E-state index in [9.17, 15) is 4.79 Å². The summed E-state index contributed by atoms with van der Waals surface area (Å²) in [7, 11) is -2.24. The summed E-state index contributed by atoms with van der Waals surface area (Å²) >= 11 is 0. The van der Waals surface area contributed by atoms with Crippen molar-refractivity contribution in [3.63, 3.8) is 0 Å². The van der Waals surface area contributed by atoms with Crippen molar-refractivity contribution in [2.24, 2.45) is 5.92 Å². The number of hydrogen-bond acceptors (Lipinski definition) is 2. The van der Waals surface area contributed by atoms with Gasteiger partial charge in [0.25, 0.3) is 0 Å². The summed E-state index contributed by atoms with van der Waals surface area (Å²) in [5.41, 5.74) is 1.39. The Balaban J connectivity index is 4.30. The van der Waals surface area contributed by atoms with Gasteiger partial charge in [0.15, 0.2) is 0 Å². The zero-order valence-corrected chi connectivity index (χ0v) is 14.0. The zero-order valence-electron chi connectivity index (χ0n) is 12.0. The summed E-state index contributed by atoms with van der Waals surface area (Å²) in [6.45, 7) is 16.4. The lowest BCUT2D eigenvalue weighted by Crippen LogP contribution is -2.39. The topological polar surface area (TPSA) is 26.3 Å². The van der Waals surface area contributed by atoms with Crippen LogP contribution < -0.4 is 0 Å². The molecule has 0 bridgehead atoms. The Bertz CT molecular complexity index is 232. The molecule has 0 rings (SSSR count). The average molecular weight is 261 g/mol. The number of ether oxygens (including phenoxy) is 1. The first kappa shape index (κ1) is 15.9. The molecule has 96 valence electrons. The smallest absolute Gasteiger partial charge is 0.308 e. The highest BCUT2D eigenvalue weighted by Crippen LogP contribution is 2.27. The first-order valence-corrected chi connectivity index (χ1v) is 13.4. The van der Waals surface area contributed by atoms with Crippen molar-refractivity contribution in [2.75, 3.05) is 6.61 Å². The van der Waals surface area contributed by atoms with E-state index in [2.05, 4.69) is 32.7 Å². The first-order valence-electron chi connectivity index (χ1n) is 6.24. The van der Waals surface area contributed by atoms with Crippen LogP contribution in [0.15, 0.2) is 0 Å². The molecule has 0 aliphatic carbocycles. The Hall–Kier alpha value is -0.0962. The standard InChI is InChI=1S/C12H28O2Si2/c1-8-14-12(13)11(2)9-16(6,7)10-15(3,4)5/h11H,8-10H2,1-7H3. The molecule has 4 heteroatoms. The number of rotatable bonds is 6.